The summed E-state index contributed by atoms with van der Waals surface area (Å²) in [6.07, 6.45) is 11.0. The summed E-state index contributed by atoms with van der Waals surface area (Å²) in [5.74, 6) is 3.62. The van der Waals surface area contributed by atoms with E-state index in [2.05, 4.69) is 180 Å². The fourth-order valence-electron chi connectivity index (χ4n) is 7.32. The van der Waals surface area contributed by atoms with Crippen LogP contribution in [-0.4, -0.2) is 4.57 Å². The van der Waals surface area contributed by atoms with Gasteiger partial charge in [0.25, 0.3) is 0 Å². The number of aromatic nitrogens is 1. The molecule has 0 unspecified atom stereocenters. The Kier molecular flexibility index (Phi) is 7.65. The lowest BCUT2D eigenvalue weighted by Gasteiger charge is -2.08. The van der Waals surface area contributed by atoms with Crippen LogP contribution in [0.5, 0.6) is 0 Å². The smallest absolute Gasteiger partial charge is 0.143 e. The summed E-state index contributed by atoms with van der Waals surface area (Å²) in [5.41, 5.74) is 13.2. The molecular formula is C49H33NO. The van der Waals surface area contributed by atoms with Gasteiger partial charge >= 0.3 is 0 Å². The van der Waals surface area contributed by atoms with Crippen LogP contribution >= 0.6 is 0 Å². The zero-order valence-electron chi connectivity index (χ0n) is 28.0. The highest BCUT2D eigenvalue weighted by Crippen LogP contribution is 2.39. The number of hydrogen-bond acceptors (Lipinski definition) is 1. The van der Waals surface area contributed by atoms with E-state index in [0.717, 1.165) is 39.8 Å². The zero-order valence-corrected chi connectivity index (χ0v) is 28.0. The van der Waals surface area contributed by atoms with Gasteiger partial charge in [0, 0.05) is 27.4 Å². The predicted molar refractivity (Wildman–Crippen MR) is 214 cm³/mol. The Labute approximate surface area is 297 Å². The van der Waals surface area contributed by atoms with E-state index in [1.54, 1.807) is 0 Å². The summed E-state index contributed by atoms with van der Waals surface area (Å²) < 4.78 is 8.93. The Morgan fingerprint density at radius 3 is 2.00 bits per heavy atom. The van der Waals surface area contributed by atoms with E-state index < -0.39 is 0 Å². The molecule has 0 amide bonds. The summed E-state index contributed by atoms with van der Waals surface area (Å²) in [5, 5.41) is 3.36. The molecule has 2 heterocycles. The minimum atomic E-state index is 0.702. The van der Waals surface area contributed by atoms with Crippen molar-refractivity contribution in [1.29, 1.82) is 0 Å². The van der Waals surface area contributed by atoms with Gasteiger partial charge in [0.05, 0.1) is 16.6 Å². The molecule has 2 aromatic heterocycles. The predicted octanol–water partition coefficient (Wildman–Crippen LogP) is 12.8. The van der Waals surface area contributed by atoms with Crippen molar-refractivity contribution >= 4 is 38.9 Å². The van der Waals surface area contributed by atoms with Crippen LogP contribution in [0, 0.1) is 12.3 Å². The normalized spacial score (nSPS) is 11.5. The molecule has 0 bridgehead atoms. The molecule has 0 N–H and O–H groups in total. The molecule has 0 saturated carbocycles. The second kappa shape index (κ2) is 12.9. The van der Waals surface area contributed by atoms with Crippen molar-refractivity contribution in [2.45, 2.75) is 6.42 Å². The molecule has 9 rings (SSSR count). The van der Waals surface area contributed by atoms with E-state index >= 15 is 0 Å². The molecule has 2 nitrogen and oxygen atoms in total. The topological polar surface area (TPSA) is 18.1 Å². The maximum absolute atomic E-state index is 6.60. The maximum atomic E-state index is 6.60. The lowest BCUT2D eigenvalue weighted by molar-refractivity contribution is 0.604. The van der Waals surface area contributed by atoms with Crippen LogP contribution in [0.1, 0.15) is 16.9 Å². The first kappa shape index (κ1) is 30.3. The van der Waals surface area contributed by atoms with Crippen LogP contribution in [0.15, 0.2) is 180 Å². The fraction of sp³-hybridized carbons (Fsp3) is 0.0204. The third-order valence-electron chi connectivity index (χ3n) is 9.74. The zero-order chi connectivity index (χ0) is 34.1. The van der Waals surface area contributed by atoms with Crippen molar-refractivity contribution in [2.75, 3.05) is 0 Å². The molecule has 0 atom stereocenters. The van der Waals surface area contributed by atoms with Gasteiger partial charge in [0.15, 0.2) is 0 Å². The van der Waals surface area contributed by atoms with Crippen LogP contribution in [0.3, 0.4) is 0 Å². The number of fused-ring (bicyclic) bond motifs is 4. The van der Waals surface area contributed by atoms with Gasteiger partial charge < -0.3 is 8.98 Å². The van der Waals surface area contributed by atoms with Crippen LogP contribution < -0.4 is 0 Å². The van der Waals surface area contributed by atoms with Crippen LogP contribution in [0.25, 0.3) is 77.9 Å². The molecule has 0 aliphatic carbocycles. The average Bonchev–Trinajstić information content (AvgIpc) is 3.73. The first-order chi connectivity index (χ1) is 25.2. The van der Waals surface area contributed by atoms with E-state index in [-0.39, 0.29) is 0 Å². The van der Waals surface area contributed by atoms with Gasteiger partial charge in [-0.25, -0.2) is 0 Å². The van der Waals surface area contributed by atoms with Crippen molar-refractivity contribution in [1.82, 2.24) is 4.57 Å². The van der Waals surface area contributed by atoms with Crippen molar-refractivity contribution in [3.8, 4) is 51.4 Å². The Hall–Kier alpha value is -6.82. The highest BCUT2D eigenvalue weighted by Gasteiger charge is 2.17. The van der Waals surface area contributed by atoms with Gasteiger partial charge in [-0.1, -0.05) is 139 Å². The molecule has 0 aliphatic rings. The summed E-state index contributed by atoms with van der Waals surface area (Å²) in [7, 11) is 0. The summed E-state index contributed by atoms with van der Waals surface area (Å²) in [6, 6.07) is 60.0. The Morgan fingerprint density at radius 2 is 1.18 bits per heavy atom. The summed E-state index contributed by atoms with van der Waals surface area (Å²) in [6.45, 7) is 0. The highest BCUT2D eigenvalue weighted by atomic mass is 16.3. The van der Waals surface area contributed by atoms with Crippen molar-refractivity contribution in [2.24, 2.45) is 0 Å². The molecule has 9 aromatic rings. The summed E-state index contributed by atoms with van der Waals surface area (Å²) >= 11 is 0. The number of para-hydroxylation sites is 3. The Balaban J connectivity index is 1.04. The minimum absolute atomic E-state index is 0.702. The quantitative estimate of drug-likeness (QED) is 0.157. The number of furan rings is 1. The Morgan fingerprint density at radius 1 is 0.529 bits per heavy atom. The number of rotatable bonds is 7. The van der Waals surface area contributed by atoms with Gasteiger partial charge in [0.1, 0.15) is 11.3 Å². The first-order valence-corrected chi connectivity index (χ1v) is 17.3. The van der Waals surface area contributed by atoms with Crippen LogP contribution in [0.4, 0.5) is 0 Å². The number of terminal acetylenes is 1. The van der Waals surface area contributed by atoms with Crippen LogP contribution in [-0.2, 0) is 6.42 Å². The largest absolute Gasteiger partial charge is 0.455 e. The number of hydrogen-bond donors (Lipinski definition) is 0. The standard InChI is InChI=1S/C49H33NO/c1-2-41-44-26-14-25-42(39-29-30-47-45(33-39)43-24-9-10-27-46(43)50(47)40-22-7-4-8-23-40)49(44)51-48(41)28-12-16-34-15-11-19-36(31-34)38-21-13-20-37(32-38)35-17-5-3-6-18-35/h1,3-15,17-33H,16H2/b28-12-. The Bertz CT molecular complexity index is 2770. The molecule has 0 fully saturated rings. The van der Waals surface area contributed by atoms with Gasteiger partial charge in [-0.05, 0) is 88.3 Å². The summed E-state index contributed by atoms with van der Waals surface area (Å²) in [4.78, 5) is 0. The maximum Gasteiger partial charge on any atom is 0.143 e. The van der Waals surface area contributed by atoms with E-state index in [4.69, 9.17) is 10.8 Å². The van der Waals surface area contributed by atoms with Crippen molar-refractivity contribution < 1.29 is 4.42 Å². The second-order valence-electron chi connectivity index (χ2n) is 12.8. The van der Waals surface area contributed by atoms with Crippen LogP contribution in [0.2, 0.25) is 0 Å². The molecular weight excluding hydrogens is 619 g/mol. The first-order valence-electron chi connectivity index (χ1n) is 17.3. The molecule has 240 valence electrons. The third kappa shape index (κ3) is 5.52. The van der Waals surface area contributed by atoms with Crippen molar-refractivity contribution in [3.63, 3.8) is 0 Å². The van der Waals surface area contributed by atoms with Gasteiger partial charge in [-0.15, -0.1) is 6.42 Å². The number of allylic oxidation sites excluding steroid dienone is 1. The third-order valence-corrected chi connectivity index (χ3v) is 9.74. The fourth-order valence-corrected chi connectivity index (χ4v) is 7.32. The highest BCUT2D eigenvalue weighted by molar-refractivity contribution is 6.11. The molecule has 0 spiro atoms. The van der Waals surface area contributed by atoms with Gasteiger partial charge in [-0.3, -0.25) is 0 Å². The monoisotopic (exact) mass is 651 g/mol. The van der Waals surface area contributed by atoms with E-state index in [1.807, 2.05) is 12.1 Å². The number of benzene rings is 7. The number of nitrogens with zero attached hydrogens (tertiary/aromatic N) is 1. The lowest BCUT2D eigenvalue weighted by Crippen LogP contribution is -1.92. The molecule has 51 heavy (non-hydrogen) atoms. The van der Waals surface area contributed by atoms with Gasteiger partial charge in [0.2, 0.25) is 0 Å². The van der Waals surface area contributed by atoms with Crippen molar-refractivity contribution in [3.05, 3.63) is 193 Å². The lowest BCUT2D eigenvalue weighted by atomic mass is 9.97. The molecule has 0 aliphatic heterocycles. The molecule has 0 radical (unpaired) electrons. The minimum Gasteiger partial charge on any atom is -0.455 e. The average molecular weight is 652 g/mol. The SMILES string of the molecule is C#Cc1c(/C=C\Cc2cccc(-c3cccc(-c4ccccc4)c3)c2)oc2c(-c3ccc4c(c3)c3ccccc3n4-c3ccccc3)cccc12. The molecule has 0 saturated heterocycles. The van der Waals surface area contributed by atoms with E-state index in [0.29, 0.717) is 5.76 Å². The van der Waals surface area contributed by atoms with Gasteiger partial charge in [-0.2, -0.15) is 0 Å². The van der Waals surface area contributed by atoms with E-state index in [9.17, 15) is 0 Å². The van der Waals surface area contributed by atoms with E-state index in [1.165, 1.54) is 49.6 Å². The molecule has 7 aromatic carbocycles. The second-order valence-corrected chi connectivity index (χ2v) is 12.8. The molecule has 2 heteroatoms.